The lowest BCUT2D eigenvalue weighted by Gasteiger charge is -2.50. The van der Waals surface area contributed by atoms with Crippen LogP contribution in [0.15, 0.2) is 0 Å². The van der Waals surface area contributed by atoms with E-state index < -0.39 is 0 Å². The van der Waals surface area contributed by atoms with Crippen LogP contribution in [0.1, 0.15) is 40.0 Å². The van der Waals surface area contributed by atoms with Crippen molar-refractivity contribution in [2.45, 2.75) is 51.6 Å². The number of ether oxygens (including phenoxy) is 1. The standard InChI is InChI=1S/C14H30N2O/c1-11-6-12(2)8-14(7-11,10-15)16(4)13(3)9-17-5/h11-13H,6-10,15H2,1-5H3. The van der Waals surface area contributed by atoms with E-state index in [0.717, 1.165) is 25.0 Å². The Balaban J connectivity index is 2.79. The molecule has 0 aromatic heterocycles. The molecule has 0 bridgehead atoms. The van der Waals surface area contributed by atoms with Crippen LogP contribution in [0.25, 0.3) is 0 Å². The van der Waals surface area contributed by atoms with Crippen LogP contribution in [0.5, 0.6) is 0 Å². The summed E-state index contributed by atoms with van der Waals surface area (Å²) in [6.45, 7) is 8.47. The molecule has 1 saturated carbocycles. The van der Waals surface area contributed by atoms with Crippen molar-refractivity contribution >= 4 is 0 Å². The quantitative estimate of drug-likeness (QED) is 0.802. The summed E-state index contributed by atoms with van der Waals surface area (Å²) >= 11 is 0. The van der Waals surface area contributed by atoms with Gasteiger partial charge < -0.3 is 10.5 Å². The van der Waals surface area contributed by atoms with Gasteiger partial charge in [0.1, 0.15) is 0 Å². The molecule has 1 fully saturated rings. The average molecular weight is 242 g/mol. The monoisotopic (exact) mass is 242 g/mol. The van der Waals surface area contributed by atoms with E-state index in [9.17, 15) is 0 Å². The Labute approximate surface area is 107 Å². The lowest BCUT2D eigenvalue weighted by Crippen LogP contribution is -2.59. The normalized spacial score (nSPS) is 36.2. The van der Waals surface area contributed by atoms with Crippen molar-refractivity contribution < 1.29 is 4.74 Å². The summed E-state index contributed by atoms with van der Waals surface area (Å²) in [5.41, 5.74) is 6.29. The summed E-state index contributed by atoms with van der Waals surface area (Å²) in [5, 5.41) is 0. The highest BCUT2D eigenvalue weighted by Crippen LogP contribution is 2.39. The second-order valence-corrected chi connectivity index (χ2v) is 6.20. The van der Waals surface area contributed by atoms with Crippen molar-refractivity contribution in [2.75, 3.05) is 27.3 Å². The van der Waals surface area contributed by atoms with Gasteiger partial charge in [-0.2, -0.15) is 0 Å². The topological polar surface area (TPSA) is 38.5 Å². The third-order valence-electron chi connectivity index (χ3n) is 4.46. The minimum atomic E-state index is 0.176. The Hall–Kier alpha value is -0.120. The Bertz CT molecular complexity index is 222. The maximum Gasteiger partial charge on any atom is 0.0615 e. The van der Waals surface area contributed by atoms with E-state index in [0.29, 0.717) is 6.04 Å². The summed E-state index contributed by atoms with van der Waals surface area (Å²) in [6, 6.07) is 0.432. The van der Waals surface area contributed by atoms with Gasteiger partial charge in [-0.3, -0.25) is 4.90 Å². The van der Waals surface area contributed by atoms with Gasteiger partial charge in [-0.15, -0.1) is 0 Å². The minimum Gasteiger partial charge on any atom is -0.383 e. The molecule has 3 unspecified atom stereocenters. The minimum absolute atomic E-state index is 0.176. The van der Waals surface area contributed by atoms with Crippen molar-refractivity contribution in [1.82, 2.24) is 4.90 Å². The van der Waals surface area contributed by atoms with Gasteiger partial charge in [0.05, 0.1) is 6.61 Å². The third-order valence-corrected chi connectivity index (χ3v) is 4.46. The first-order chi connectivity index (χ1) is 7.95. The Morgan fingerprint density at radius 3 is 2.29 bits per heavy atom. The van der Waals surface area contributed by atoms with Crippen LogP contribution in [0.3, 0.4) is 0 Å². The molecule has 0 aromatic carbocycles. The molecule has 1 rings (SSSR count). The van der Waals surface area contributed by atoms with Gasteiger partial charge in [0, 0.05) is 25.2 Å². The van der Waals surface area contributed by atoms with E-state index in [1.807, 2.05) is 0 Å². The molecule has 0 amide bonds. The first kappa shape index (κ1) is 14.9. The molecule has 1 aliphatic rings. The molecule has 0 spiro atoms. The SMILES string of the molecule is COCC(C)N(C)C1(CN)CC(C)CC(C)C1. The molecular weight excluding hydrogens is 212 g/mol. The molecule has 0 aromatic rings. The van der Waals surface area contributed by atoms with E-state index >= 15 is 0 Å². The number of methoxy groups -OCH3 is 1. The highest BCUT2D eigenvalue weighted by molar-refractivity contribution is 4.98. The molecular formula is C14H30N2O. The van der Waals surface area contributed by atoms with Crippen molar-refractivity contribution in [3.05, 3.63) is 0 Å². The van der Waals surface area contributed by atoms with E-state index in [1.165, 1.54) is 19.3 Å². The lowest BCUT2D eigenvalue weighted by molar-refractivity contribution is -0.00918. The second kappa shape index (κ2) is 6.17. The molecule has 3 nitrogen and oxygen atoms in total. The predicted molar refractivity (Wildman–Crippen MR) is 73.1 cm³/mol. The van der Waals surface area contributed by atoms with Gasteiger partial charge in [-0.25, -0.2) is 0 Å². The zero-order valence-electron chi connectivity index (χ0n) is 12.2. The number of rotatable bonds is 5. The fourth-order valence-corrected chi connectivity index (χ4v) is 3.65. The van der Waals surface area contributed by atoms with Gasteiger partial charge in [0.2, 0.25) is 0 Å². The van der Waals surface area contributed by atoms with E-state index in [4.69, 9.17) is 10.5 Å². The summed E-state index contributed by atoms with van der Waals surface area (Å²) < 4.78 is 5.28. The average Bonchev–Trinajstić information content (AvgIpc) is 2.26. The summed E-state index contributed by atoms with van der Waals surface area (Å²) in [6.07, 6.45) is 3.78. The molecule has 1 aliphatic carbocycles. The van der Waals surface area contributed by atoms with Crippen LogP contribution < -0.4 is 5.73 Å². The number of nitrogens with two attached hydrogens (primary N) is 1. The van der Waals surface area contributed by atoms with Crippen molar-refractivity contribution in [3.8, 4) is 0 Å². The molecule has 0 aliphatic heterocycles. The van der Waals surface area contributed by atoms with E-state index in [1.54, 1.807) is 7.11 Å². The van der Waals surface area contributed by atoms with E-state index in [2.05, 4.69) is 32.7 Å². The number of likely N-dealkylation sites (N-methyl/N-ethyl adjacent to an activating group) is 1. The molecule has 3 heteroatoms. The highest BCUT2D eigenvalue weighted by atomic mass is 16.5. The number of nitrogens with zero attached hydrogens (tertiary/aromatic N) is 1. The van der Waals surface area contributed by atoms with Crippen LogP contribution in [0.4, 0.5) is 0 Å². The Morgan fingerprint density at radius 1 is 1.35 bits per heavy atom. The fraction of sp³-hybridized carbons (Fsp3) is 1.00. The van der Waals surface area contributed by atoms with Crippen LogP contribution in [0.2, 0.25) is 0 Å². The van der Waals surface area contributed by atoms with Gasteiger partial charge in [-0.1, -0.05) is 13.8 Å². The molecule has 0 radical (unpaired) electrons. The van der Waals surface area contributed by atoms with Crippen LogP contribution in [0, 0.1) is 11.8 Å². The molecule has 3 atom stereocenters. The third kappa shape index (κ3) is 3.43. The van der Waals surface area contributed by atoms with Gasteiger partial charge in [0.25, 0.3) is 0 Å². The second-order valence-electron chi connectivity index (χ2n) is 6.20. The lowest BCUT2D eigenvalue weighted by atomic mass is 9.70. The van der Waals surface area contributed by atoms with Crippen LogP contribution in [-0.2, 0) is 4.74 Å². The predicted octanol–water partition coefficient (Wildman–Crippen LogP) is 2.11. The van der Waals surface area contributed by atoms with Crippen molar-refractivity contribution in [2.24, 2.45) is 17.6 Å². The smallest absolute Gasteiger partial charge is 0.0615 e. The maximum atomic E-state index is 6.12. The Kier molecular flexibility index (Phi) is 5.42. The summed E-state index contributed by atoms with van der Waals surface area (Å²) in [7, 11) is 3.98. The summed E-state index contributed by atoms with van der Waals surface area (Å²) in [5.74, 6) is 1.55. The molecule has 0 saturated heterocycles. The number of hydrogen-bond donors (Lipinski definition) is 1. The Morgan fingerprint density at radius 2 is 1.88 bits per heavy atom. The fourth-order valence-electron chi connectivity index (χ4n) is 3.65. The molecule has 102 valence electrons. The molecule has 0 heterocycles. The zero-order chi connectivity index (χ0) is 13.1. The molecule has 17 heavy (non-hydrogen) atoms. The van der Waals surface area contributed by atoms with Gasteiger partial charge in [0.15, 0.2) is 0 Å². The maximum absolute atomic E-state index is 6.12. The van der Waals surface area contributed by atoms with Crippen molar-refractivity contribution in [1.29, 1.82) is 0 Å². The van der Waals surface area contributed by atoms with Gasteiger partial charge in [-0.05, 0) is 45.1 Å². The van der Waals surface area contributed by atoms with Crippen molar-refractivity contribution in [3.63, 3.8) is 0 Å². The highest BCUT2D eigenvalue weighted by Gasteiger charge is 2.41. The number of hydrogen-bond acceptors (Lipinski definition) is 3. The van der Waals surface area contributed by atoms with Crippen LogP contribution in [-0.4, -0.2) is 43.8 Å². The summed E-state index contributed by atoms with van der Waals surface area (Å²) in [4.78, 5) is 2.46. The zero-order valence-corrected chi connectivity index (χ0v) is 12.2. The largest absolute Gasteiger partial charge is 0.383 e. The van der Waals surface area contributed by atoms with Crippen LogP contribution >= 0.6 is 0 Å². The first-order valence-corrected chi connectivity index (χ1v) is 6.87. The van der Waals surface area contributed by atoms with Gasteiger partial charge >= 0.3 is 0 Å². The molecule has 2 N–H and O–H groups in total. The van der Waals surface area contributed by atoms with E-state index in [-0.39, 0.29) is 5.54 Å². The first-order valence-electron chi connectivity index (χ1n) is 6.87.